The first-order chi connectivity index (χ1) is 8.96. The molecule has 0 saturated heterocycles. The van der Waals surface area contributed by atoms with Gasteiger partial charge in [-0.2, -0.15) is 0 Å². The molecule has 0 bridgehead atoms. The minimum atomic E-state index is 0.423. The normalized spacial score (nSPS) is 16.1. The second-order valence-electron chi connectivity index (χ2n) is 5.98. The van der Waals surface area contributed by atoms with Gasteiger partial charge in [0.15, 0.2) is 0 Å². The highest BCUT2D eigenvalue weighted by Crippen LogP contribution is 2.39. The number of aromatic hydroxyl groups is 1. The zero-order valence-corrected chi connectivity index (χ0v) is 13.5. The summed E-state index contributed by atoms with van der Waals surface area (Å²) in [6, 6.07) is 4.45. The molecule has 0 spiro atoms. The highest BCUT2D eigenvalue weighted by atomic mass is 16.3. The Labute approximate surface area is 119 Å². The molecule has 0 aliphatic heterocycles. The lowest BCUT2D eigenvalue weighted by molar-refractivity contribution is 0.448. The standard InChI is InChI=1S/C18H30O/c1-7-12(4)15-10-16(13(5)8-2)18(19)17(11-15)14(6)9-3/h10-14,19H,7-9H2,1-6H3/t12-,13-,14+/m0/s1. The molecule has 0 aliphatic carbocycles. The molecule has 0 radical (unpaired) electrons. The Hall–Kier alpha value is -0.980. The third-order valence-corrected chi connectivity index (χ3v) is 4.66. The predicted octanol–water partition coefficient (Wildman–Crippen LogP) is 5.93. The molecule has 1 nitrogen and oxygen atoms in total. The van der Waals surface area contributed by atoms with Crippen LogP contribution in [-0.2, 0) is 0 Å². The predicted molar refractivity (Wildman–Crippen MR) is 84.2 cm³/mol. The van der Waals surface area contributed by atoms with Gasteiger partial charge >= 0.3 is 0 Å². The molecular formula is C18H30O. The van der Waals surface area contributed by atoms with Crippen LogP contribution in [0.2, 0.25) is 0 Å². The largest absolute Gasteiger partial charge is 0.507 e. The molecule has 0 aromatic heterocycles. The van der Waals surface area contributed by atoms with Crippen molar-refractivity contribution in [2.24, 2.45) is 0 Å². The molecule has 0 heterocycles. The first-order valence-corrected chi connectivity index (χ1v) is 7.82. The molecule has 108 valence electrons. The Bertz CT molecular complexity index is 377. The first kappa shape index (κ1) is 16.1. The molecule has 0 fully saturated rings. The van der Waals surface area contributed by atoms with Crippen molar-refractivity contribution in [2.75, 3.05) is 0 Å². The molecule has 1 aromatic rings. The summed E-state index contributed by atoms with van der Waals surface area (Å²) in [7, 11) is 0. The number of phenolic OH excluding ortho intramolecular Hbond substituents is 1. The van der Waals surface area contributed by atoms with Gasteiger partial charge in [-0.15, -0.1) is 0 Å². The third-order valence-electron chi connectivity index (χ3n) is 4.66. The minimum absolute atomic E-state index is 0.423. The van der Waals surface area contributed by atoms with Gasteiger partial charge in [0.05, 0.1) is 0 Å². The minimum Gasteiger partial charge on any atom is -0.507 e. The Morgan fingerprint density at radius 1 is 0.789 bits per heavy atom. The van der Waals surface area contributed by atoms with Crippen LogP contribution < -0.4 is 0 Å². The van der Waals surface area contributed by atoms with E-state index in [-0.39, 0.29) is 0 Å². The van der Waals surface area contributed by atoms with E-state index in [0.717, 1.165) is 30.4 Å². The molecule has 1 heteroatoms. The van der Waals surface area contributed by atoms with Gasteiger partial charge < -0.3 is 5.11 Å². The maximum Gasteiger partial charge on any atom is 0.122 e. The lowest BCUT2D eigenvalue weighted by Gasteiger charge is -2.22. The summed E-state index contributed by atoms with van der Waals surface area (Å²) in [5.41, 5.74) is 3.65. The number of phenols is 1. The maximum absolute atomic E-state index is 10.6. The molecular weight excluding hydrogens is 232 g/mol. The van der Waals surface area contributed by atoms with Crippen LogP contribution in [0.5, 0.6) is 5.75 Å². The van der Waals surface area contributed by atoms with Crippen molar-refractivity contribution in [3.63, 3.8) is 0 Å². The summed E-state index contributed by atoms with van der Waals surface area (Å²) in [6.07, 6.45) is 3.28. The summed E-state index contributed by atoms with van der Waals surface area (Å²) in [4.78, 5) is 0. The Morgan fingerprint density at radius 3 is 1.47 bits per heavy atom. The average molecular weight is 262 g/mol. The lowest BCUT2D eigenvalue weighted by atomic mass is 9.85. The highest BCUT2D eigenvalue weighted by Gasteiger charge is 2.19. The number of hydrogen-bond donors (Lipinski definition) is 1. The second-order valence-corrected chi connectivity index (χ2v) is 5.98. The van der Waals surface area contributed by atoms with Crippen LogP contribution in [0.3, 0.4) is 0 Å². The van der Waals surface area contributed by atoms with Gasteiger partial charge in [0, 0.05) is 0 Å². The summed E-state index contributed by atoms with van der Waals surface area (Å²) >= 11 is 0. The van der Waals surface area contributed by atoms with Crippen LogP contribution in [-0.4, -0.2) is 5.11 Å². The van der Waals surface area contributed by atoms with Gasteiger partial charge in [0.25, 0.3) is 0 Å². The molecule has 19 heavy (non-hydrogen) atoms. The topological polar surface area (TPSA) is 20.2 Å². The molecule has 1 aromatic carbocycles. The fourth-order valence-corrected chi connectivity index (χ4v) is 2.42. The number of benzene rings is 1. The number of rotatable bonds is 6. The van der Waals surface area contributed by atoms with Crippen molar-refractivity contribution in [3.8, 4) is 5.75 Å². The Balaban J connectivity index is 3.37. The van der Waals surface area contributed by atoms with Crippen LogP contribution in [0.4, 0.5) is 0 Å². The third kappa shape index (κ3) is 3.52. The van der Waals surface area contributed by atoms with Gasteiger partial charge in [-0.3, -0.25) is 0 Å². The summed E-state index contributed by atoms with van der Waals surface area (Å²) in [5, 5.41) is 10.6. The maximum atomic E-state index is 10.6. The molecule has 0 amide bonds. The zero-order chi connectivity index (χ0) is 14.6. The van der Waals surface area contributed by atoms with Crippen molar-refractivity contribution >= 4 is 0 Å². The smallest absolute Gasteiger partial charge is 0.122 e. The lowest BCUT2D eigenvalue weighted by Crippen LogP contribution is -2.03. The van der Waals surface area contributed by atoms with Gasteiger partial charge in [0.1, 0.15) is 5.75 Å². The van der Waals surface area contributed by atoms with E-state index in [1.54, 1.807) is 0 Å². The Kier molecular flexibility index (Phi) is 5.90. The molecule has 0 unspecified atom stereocenters. The second kappa shape index (κ2) is 6.98. The van der Waals surface area contributed by atoms with Crippen molar-refractivity contribution in [2.45, 2.75) is 78.6 Å². The number of hydrogen-bond acceptors (Lipinski definition) is 1. The zero-order valence-electron chi connectivity index (χ0n) is 13.5. The Morgan fingerprint density at radius 2 is 1.16 bits per heavy atom. The first-order valence-electron chi connectivity index (χ1n) is 7.82. The van der Waals surface area contributed by atoms with E-state index < -0.39 is 0 Å². The van der Waals surface area contributed by atoms with E-state index in [4.69, 9.17) is 0 Å². The summed E-state index contributed by atoms with van der Waals surface area (Å²) in [5.74, 6) is 1.94. The highest BCUT2D eigenvalue weighted by molar-refractivity contribution is 5.47. The fraction of sp³-hybridized carbons (Fsp3) is 0.667. The van der Waals surface area contributed by atoms with Gasteiger partial charge in [-0.1, -0.05) is 53.7 Å². The van der Waals surface area contributed by atoms with E-state index in [9.17, 15) is 5.11 Å². The van der Waals surface area contributed by atoms with Gasteiger partial charge in [0.2, 0.25) is 0 Å². The van der Waals surface area contributed by atoms with E-state index in [0.29, 0.717) is 23.5 Å². The van der Waals surface area contributed by atoms with Crippen LogP contribution in [0.15, 0.2) is 12.1 Å². The van der Waals surface area contributed by atoms with Crippen LogP contribution >= 0.6 is 0 Å². The molecule has 1 rings (SSSR count). The SMILES string of the molecule is CC[C@@H](C)c1cc([C@@H](C)CC)cc([C@@H](C)CC)c1O. The summed E-state index contributed by atoms with van der Waals surface area (Å²) in [6.45, 7) is 13.3. The van der Waals surface area contributed by atoms with Crippen LogP contribution in [0.1, 0.15) is 95.2 Å². The van der Waals surface area contributed by atoms with Gasteiger partial charge in [-0.05, 0) is 53.7 Å². The van der Waals surface area contributed by atoms with Crippen LogP contribution in [0, 0.1) is 0 Å². The molecule has 3 atom stereocenters. The van der Waals surface area contributed by atoms with Crippen molar-refractivity contribution in [1.29, 1.82) is 0 Å². The van der Waals surface area contributed by atoms with E-state index in [1.807, 2.05) is 0 Å². The molecule has 1 N–H and O–H groups in total. The van der Waals surface area contributed by atoms with Crippen molar-refractivity contribution < 1.29 is 5.11 Å². The van der Waals surface area contributed by atoms with Crippen LogP contribution in [0.25, 0.3) is 0 Å². The monoisotopic (exact) mass is 262 g/mol. The molecule has 0 saturated carbocycles. The van der Waals surface area contributed by atoms with E-state index >= 15 is 0 Å². The average Bonchev–Trinajstić information content (AvgIpc) is 2.44. The van der Waals surface area contributed by atoms with Crippen molar-refractivity contribution in [3.05, 3.63) is 28.8 Å². The van der Waals surface area contributed by atoms with E-state index in [2.05, 4.69) is 53.7 Å². The fourth-order valence-electron chi connectivity index (χ4n) is 2.42. The van der Waals surface area contributed by atoms with E-state index in [1.165, 1.54) is 5.56 Å². The summed E-state index contributed by atoms with van der Waals surface area (Å²) < 4.78 is 0. The van der Waals surface area contributed by atoms with Gasteiger partial charge in [-0.25, -0.2) is 0 Å². The van der Waals surface area contributed by atoms with Crippen molar-refractivity contribution in [1.82, 2.24) is 0 Å². The quantitative estimate of drug-likeness (QED) is 0.673. The molecule has 0 aliphatic rings.